The normalized spacial score (nSPS) is 10.5. The maximum atomic E-state index is 11.6. The number of methoxy groups -OCH3 is 1. The molecular weight excluding hydrogens is 447 g/mol. The van der Waals surface area contributed by atoms with Crippen LogP contribution in [0.15, 0.2) is 29.3 Å². The average molecular weight is 476 g/mol. The molecule has 26 heavy (non-hydrogen) atoms. The van der Waals surface area contributed by atoms with Gasteiger partial charge in [0.25, 0.3) is 5.91 Å². The molecule has 0 aromatic heterocycles. The number of hydrogen-bond acceptors (Lipinski definition) is 4. The summed E-state index contributed by atoms with van der Waals surface area (Å²) in [6.45, 7) is 1.45. The minimum atomic E-state index is -0.179. The summed E-state index contributed by atoms with van der Waals surface area (Å²) < 4.78 is 4.60. The van der Waals surface area contributed by atoms with E-state index in [-0.39, 0.29) is 35.9 Å². The first kappa shape index (κ1) is 24.2. The highest BCUT2D eigenvalue weighted by Gasteiger charge is 2.04. The minimum Gasteiger partial charge on any atom is -0.469 e. The monoisotopic (exact) mass is 476 g/mol. The Hall–Kier alpha value is -1.84. The maximum Gasteiger partial charge on any atom is 0.305 e. The van der Waals surface area contributed by atoms with Gasteiger partial charge in [0.1, 0.15) is 0 Å². The predicted octanol–water partition coefficient (Wildman–Crippen LogP) is 1.71. The van der Waals surface area contributed by atoms with Gasteiger partial charge in [-0.3, -0.25) is 14.6 Å². The molecule has 0 aliphatic heterocycles. The Balaban J connectivity index is 0.00000625. The number of aliphatic imine (C=N–C) groups is 1. The third-order valence-electron chi connectivity index (χ3n) is 3.67. The fraction of sp³-hybridized carbons (Fsp3) is 0.500. The third kappa shape index (κ3) is 9.59. The van der Waals surface area contributed by atoms with E-state index in [1.807, 2.05) is 18.2 Å². The average Bonchev–Trinajstić information content (AvgIpc) is 2.65. The quantitative estimate of drug-likeness (QED) is 0.166. The molecule has 0 saturated carbocycles. The zero-order valence-corrected chi connectivity index (χ0v) is 18.0. The van der Waals surface area contributed by atoms with Crippen LogP contribution in [0.3, 0.4) is 0 Å². The zero-order valence-electron chi connectivity index (χ0n) is 15.6. The molecule has 8 heteroatoms. The lowest BCUT2D eigenvalue weighted by Crippen LogP contribution is -2.38. The van der Waals surface area contributed by atoms with Crippen LogP contribution in [0.1, 0.15) is 35.2 Å². The molecule has 0 heterocycles. The molecule has 0 aliphatic carbocycles. The van der Waals surface area contributed by atoms with Crippen LogP contribution in [-0.4, -0.2) is 52.1 Å². The highest BCUT2D eigenvalue weighted by molar-refractivity contribution is 14.0. The van der Waals surface area contributed by atoms with E-state index in [0.29, 0.717) is 18.5 Å². The van der Waals surface area contributed by atoms with Crippen LogP contribution < -0.4 is 16.0 Å². The minimum absolute atomic E-state index is 0. The molecule has 0 atom stereocenters. The summed E-state index contributed by atoms with van der Waals surface area (Å²) in [7, 11) is 4.74. The molecule has 0 aliphatic rings. The second-order valence-corrected chi connectivity index (χ2v) is 5.49. The molecule has 146 valence electrons. The first-order valence-corrected chi connectivity index (χ1v) is 8.43. The molecule has 0 bridgehead atoms. The summed E-state index contributed by atoms with van der Waals surface area (Å²) in [6.07, 6.45) is 2.87. The summed E-state index contributed by atoms with van der Waals surface area (Å²) in [4.78, 5) is 26.8. The smallest absolute Gasteiger partial charge is 0.305 e. The number of benzene rings is 1. The van der Waals surface area contributed by atoms with E-state index < -0.39 is 0 Å². The predicted molar refractivity (Wildman–Crippen MR) is 114 cm³/mol. The number of unbranched alkanes of at least 4 members (excludes halogenated alkanes) is 1. The molecule has 0 spiro atoms. The van der Waals surface area contributed by atoms with Crippen molar-refractivity contribution in [2.75, 3.05) is 34.3 Å². The lowest BCUT2D eigenvalue weighted by atomic mass is 10.1. The van der Waals surface area contributed by atoms with Crippen LogP contribution in [0, 0.1) is 0 Å². The Kier molecular flexibility index (Phi) is 13.3. The van der Waals surface area contributed by atoms with Crippen molar-refractivity contribution in [2.24, 2.45) is 4.99 Å². The van der Waals surface area contributed by atoms with Crippen molar-refractivity contribution in [3.05, 3.63) is 35.4 Å². The number of esters is 1. The number of carbonyl (C=O) groups is 2. The first-order valence-electron chi connectivity index (χ1n) is 8.43. The van der Waals surface area contributed by atoms with E-state index in [2.05, 4.69) is 25.7 Å². The molecular formula is C18H29IN4O3. The fourth-order valence-corrected chi connectivity index (χ4v) is 2.26. The highest BCUT2D eigenvalue weighted by atomic mass is 127. The van der Waals surface area contributed by atoms with Crippen molar-refractivity contribution in [1.82, 2.24) is 16.0 Å². The first-order chi connectivity index (χ1) is 12.1. The van der Waals surface area contributed by atoms with Gasteiger partial charge in [0.05, 0.1) is 7.11 Å². The number of rotatable bonds is 9. The summed E-state index contributed by atoms with van der Waals surface area (Å²) in [6, 6.07) is 7.57. The van der Waals surface area contributed by atoms with E-state index >= 15 is 0 Å². The van der Waals surface area contributed by atoms with E-state index in [9.17, 15) is 9.59 Å². The Labute approximate surface area is 172 Å². The highest BCUT2D eigenvalue weighted by Crippen LogP contribution is 2.05. The van der Waals surface area contributed by atoms with Gasteiger partial charge in [-0.2, -0.15) is 0 Å². The molecule has 1 aromatic rings. The van der Waals surface area contributed by atoms with Crippen LogP contribution in [0.5, 0.6) is 0 Å². The summed E-state index contributed by atoms with van der Waals surface area (Å²) in [5.74, 6) is 0.459. The lowest BCUT2D eigenvalue weighted by molar-refractivity contribution is -0.140. The molecule has 0 radical (unpaired) electrons. The van der Waals surface area contributed by atoms with Crippen LogP contribution in [0.25, 0.3) is 0 Å². The number of carbonyl (C=O) groups excluding carboxylic acids is 2. The number of nitrogens with one attached hydrogen (secondary N) is 3. The van der Waals surface area contributed by atoms with E-state index in [1.165, 1.54) is 7.11 Å². The van der Waals surface area contributed by atoms with Gasteiger partial charge in [0, 0.05) is 39.2 Å². The summed E-state index contributed by atoms with van der Waals surface area (Å²) >= 11 is 0. The molecule has 1 rings (SSSR count). The van der Waals surface area contributed by atoms with Crippen molar-refractivity contribution in [2.45, 2.75) is 25.7 Å². The van der Waals surface area contributed by atoms with Crippen LogP contribution in [0.4, 0.5) is 0 Å². The van der Waals surface area contributed by atoms with Gasteiger partial charge in [0.15, 0.2) is 5.96 Å². The van der Waals surface area contributed by atoms with Crippen LogP contribution in [-0.2, 0) is 16.0 Å². The second-order valence-electron chi connectivity index (χ2n) is 5.49. The van der Waals surface area contributed by atoms with Crippen molar-refractivity contribution in [3.8, 4) is 0 Å². The Morgan fingerprint density at radius 3 is 2.54 bits per heavy atom. The van der Waals surface area contributed by atoms with Gasteiger partial charge < -0.3 is 20.7 Å². The standard InChI is InChI=1S/C18H28N4O3.HI/c1-19-17(24)15-8-6-7-14(13-15)10-12-22-18(20-2)21-11-5-4-9-16(23)25-3;/h6-8,13H,4-5,9-12H2,1-3H3,(H,19,24)(H2,20,21,22);1H. The molecule has 1 aromatic carbocycles. The Morgan fingerprint density at radius 1 is 1.15 bits per heavy atom. The van der Waals surface area contributed by atoms with Crippen molar-refractivity contribution >= 4 is 41.8 Å². The second kappa shape index (κ2) is 14.3. The zero-order chi connectivity index (χ0) is 18.5. The van der Waals surface area contributed by atoms with Crippen molar-refractivity contribution in [3.63, 3.8) is 0 Å². The van der Waals surface area contributed by atoms with Crippen molar-refractivity contribution < 1.29 is 14.3 Å². The fourth-order valence-electron chi connectivity index (χ4n) is 2.26. The molecule has 1 amide bonds. The lowest BCUT2D eigenvalue weighted by Gasteiger charge is -2.12. The number of nitrogens with zero attached hydrogens (tertiary/aromatic N) is 1. The van der Waals surface area contributed by atoms with E-state index in [0.717, 1.165) is 37.3 Å². The van der Waals surface area contributed by atoms with Crippen LogP contribution >= 0.6 is 24.0 Å². The molecule has 7 nitrogen and oxygen atoms in total. The van der Waals surface area contributed by atoms with Crippen LogP contribution in [0.2, 0.25) is 0 Å². The SMILES string of the molecule is CN=C(NCCCCC(=O)OC)NCCc1cccc(C(=O)NC)c1.I. The molecule has 3 N–H and O–H groups in total. The molecule has 0 fully saturated rings. The number of halogens is 1. The number of hydrogen-bond donors (Lipinski definition) is 3. The largest absolute Gasteiger partial charge is 0.469 e. The van der Waals surface area contributed by atoms with Gasteiger partial charge in [-0.15, -0.1) is 24.0 Å². The summed E-state index contributed by atoms with van der Waals surface area (Å²) in [5.41, 5.74) is 1.75. The number of amides is 1. The molecule has 0 unspecified atom stereocenters. The van der Waals surface area contributed by atoms with Gasteiger partial charge in [-0.05, 0) is 37.0 Å². The Morgan fingerprint density at radius 2 is 1.88 bits per heavy atom. The van der Waals surface area contributed by atoms with E-state index in [4.69, 9.17) is 0 Å². The third-order valence-corrected chi connectivity index (χ3v) is 3.67. The number of guanidine groups is 1. The topological polar surface area (TPSA) is 91.8 Å². The van der Waals surface area contributed by atoms with Gasteiger partial charge in [0.2, 0.25) is 0 Å². The number of ether oxygens (including phenoxy) is 1. The van der Waals surface area contributed by atoms with Gasteiger partial charge in [-0.25, -0.2) is 0 Å². The maximum absolute atomic E-state index is 11.6. The molecule has 0 saturated heterocycles. The van der Waals surface area contributed by atoms with Gasteiger partial charge >= 0.3 is 5.97 Å². The van der Waals surface area contributed by atoms with E-state index in [1.54, 1.807) is 20.2 Å². The van der Waals surface area contributed by atoms with Gasteiger partial charge in [-0.1, -0.05) is 12.1 Å². The summed E-state index contributed by atoms with van der Waals surface area (Å²) in [5, 5.41) is 9.07. The Bertz CT molecular complexity index is 594. The van der Waals surface area contributed by atoms with Crippen molar-refractivity contribution in [1.29, 1.82) is 0 Å².